The van der Waals surface area contributed by atoms with Crippen LogP contribution in [0.5, 0.6) is 0 Å². The number of carbonyl (C=O) groups is 2. The Hall–Kier alpha value is -2.75. The number of nitriles is 1. The van der Waals surface area contributed by atoms with E-state index in [0.29, 0.717) is 34.7 Å². The molecule has 2 heterocycles. The van der Waals surface area contributed by atoms with Gasteiger partial charge in [0, 0.05) is 29.0 Å². The molecule has 0 spiro atoms. The SMILES string of the molecule is N#CC(Cc1ccc2c(c1)C(=O)N=C1C=C(Cl)C=CC12)NC(=O)[C@H]1N[C@@H]2CC[C@H]1C2. The van der Waals surface area contributed by atoms with E-state index in [1.165, 1.54) is 0 Å². The second-order valence-electron chi connectivity index (χ2n) is 8.44. The standard InChI is InChI=1S/C23H21ClN4O2/c24-14-3-6-18-17-5-1-12(8-19(17)22(29)28-20(18)10-14)7-16(11-25)27-23(30)21-13-2-4-15(9-13)26-21/h1,3,5-6,8,10,13,15-16,18,21,26H,2,4,7,9H2,(H,27,30)/t13-,15+,16?,18?,21-/m0/s1. The van der Waals surface area contributed by atoms with Gasteiger partial charge in [0.15, 0.2) is 0 Å². The fourth-order valence-corrected chi connectivity index (χ4v) is 5.26. The number of piperidine rings is 1. The number of hydrogen-bond donors (Lipinski definition) is 2. The van der Waals surface area contributed by atoms with Gasteiger partial charge in [-0.2, -0.15) is 5.26 Å². The molecule has 2 aliphatic carbocycles. The number of fused-ring (bicyclic) bond motifs is 5. The minimum Gasteiger partial charge on any atom is -0.339 e. The van der Waals surface area contributed by atoms with Crippen LogP contribution in [0.4, 0.5) is 0 Å². The van der Waals surface area contributed by atoms with Crippen LogP contribution in [0.3, 0.4) is 0 Å². The molecule has 5 atom stereocenters. The maximum Gasteiger partial charge on any atom is 0.277 e. The van der Waals surface area contributed by atoms with Crippen molar-refractivity contribution in [2.75, 3.05) is 0 Å². The molecule has 2 N–H and O–H groups in total. The van der Waals surface area contributed by atoms with Gasteiger partial charge in [-0.3, -0.25) is 9.59 Å². The largest absolute Gasteiger partial charge is 0.339 e. The van der Waals surface area contributed by atoms with E-state index in [9.17, 15) is 14.9 Å². The highest BCUT2D eigenvalue weighted by Crippen LogP contribution is 2.35. The van der Waals surface area contributed by atoms with Crippen molar-refractivity contribution in [1.29, 1.82) is 5.26 Å². The molecule has 2 bridgehead atoms. The molecular formula is C23H21ClN4O2. The molecule has 6 nitrogen and oxygen atoms in total. The van der Waals surface area contributed by atoms with E-state index in [0.717, 1.165) is 30.4 Å². The highest BCUT2D eigenvalue weighted by molar-refractivity contribution is 6.34. The van der Waals surface area contributed by atoms with Crippen LogP contribution in [0.15, 0.2) is 46.5 Å². The molecule has 2 amide bonds. The molecule has 0 aromatic heterocycles. The molecular weight excluding hydrogens is 400 g/mol. The summed E-state index contributed by atoms with van der Waals surface area (Å²) in [6.45, 7) is 0. The molecule has 152 valence electrons. The van der Waals surface area contributed by atoms with Crippen LogP contribution < -0.4 is 10.6 Å². The minimum absolute atomic E-state index is 0.0930. The van der Waals surface area contributed by atoms with Crippen LogP contribution >= 0.6 is 11.6 Å². The Morgan fingerprint density at radius 3 is 3.00 bits per heavy atom. The van der Waals surface area contributed by atoms with E-state index < -0.39 is 6.04 Å². The second-order valence-corrected chi connectivity index (χ2v) is 8.87. The predicted octanol–water partition coefficient (Wildman–Crippen LogP) is 2.75. The van der Waals surface area contributed by atoms with Gasteiger partial charge in [-0.25, -0.2) is 4.99 Å². The molecule has 2 aliphatic heterocycles. The molecule has 1 saturated carbocycles. The zero-order valence-electron chi connectivity index (χ0n) is 16.3. The van der Waals surface area contributed by atoms with Gasteiger partial charge >= 0.3 is 0 Å². The lowest BCUT2D eigenvalue weighted by Gasteiger charge is -2.25. The topological polar surface area (TPSA) is 94.3 Å². The lowest BCUT2D eigenvalue weighted by atomic mass is 9.84. The molecule has 5 rings (SSSR count). The van der Waals surface area contributed by atoms with E-state index in [1.54, 1.807) is 12.1 Å². The molecule has 1 aromatic carbocycles. The summed E-state index contributed by atoms with van der Waals surface area (Å²) in [5.74, 6) is -0.135. The Balaban J connectivity index is 1.31. The van der Waals surface area contributed by atoms with Crippen molar-refractivity contribution in [3.05, 3.63) is 58.1 Å². The smallest absolute Gasteiger partial charge is 0.277 e. The van der Waals surface area contributed by atoms with Crippen molar-refractivity contribution in [1.82, 2.24) is 10.6 Å². The average Bonchev–Trinajstić information content (AvgIpc) is 3.37. The van der Waals surface area contributed by atoms with Crippen LogP contribution in [0.1, 0.15) is 46.7 Å². The van der Waals surface area contributed by atoms with Crippen LogP contribution in [-0.4, -0.2) is 35.7 Å². The van der Waals surface area contributed by atoms with Crippen molar-refractivity contribution < 1.29 is 9.59 Å². The maximum atomic E-state index is 12.6. The summed E-state index contributed by atoms with van der Waals surface area (Å²) in [5.41, 5.74) is 2.89. The Morgan fingerprint density at radius 2 is 2.27 bits per heavy atom. The van der Waals surface area contributed by atoms with Crippen LogP contribution in [0.25, 0.3) is 0 Å². The van der Waals surface area contributed by atoms with Gasteiger partial charge < -0.3 is 10.6 Å². The lowest BCUT2D eigenvalue weighted by Crippen LogP contribution is -2.50. The first-order valence-corrected chi connectivity index (χ1v) is 10.7. The third kappa shape index (κ3) is 3.38. The first kappa shape index (κ1) is 19.2. The van der Waals surface area contributed by atoms with Crippen LogP contribution in [0.2, 0.25) is 0 Å². The third-order valence-corrected chi connectivity index (χ3v) is 6.76. The fraction of sp³-hybridized carbons (Fsp3) is 0.391. The Bertz CT molecular complexity index is 1070. The lowest BCUT2D eigenvalue weighted by molar-refractivity contribution is -0.124. The Morgan fingerprint density at radius 1 is 1.40 bits per heavy atom. The van der Waals surface area contributed by atoms with Gasteiger partial charge in [0.25, 0.3) is 5.91 Å². The number of nitrogens with one attached hydrogen (secondary N) is 2. The monoisotopic (exact) mass is 420 g/mol. The normalized spacial score (nSPS) is 29.4. The molecule has 7 heteroatoms. The number of carbonyl (C=O) groups excluding carboxylic acids is 2. The van der Waals surface area contributed by atoms with Gasteiger partial charge in [0.2, 0.25) is 5.91 Å². The highest BCUT2D eigenvalue weighted by Gasteiger charge is 2.43. The maximum absolute atomic E-state index is 12.6. The van der Waals surface area contributed by atoms with Crippen molar-refractivity contribution in [3.8, 4) is 6.07 Å². The third-order valence-electron chi connectivity index (χ3n) is 6.52. The van der Waals surface area contributed by atoms with Crippen molar-refractivity contribution in [2.45, 2.75) is 49.7 Å². The Kier molecular flexibility index (Phi) is 4.80. The number of hydrogen-bond acceptors (Lipinski definition) is 4. The quantitative estimate of drug-likeness (QED) is 0.783. The van der Waals surface area contributed by atoms with E-state index in [1.807, 2.05) is 24.3 Å². The summed E-state index contributed by atoms with van der Waals surface area (Å²) in [5, 5.41) is 16.4. The summed E-state index contributed by atoms with van der Waals surface area (Å²) in [6, 6.07) is 7.38. The first-order chi connectivity index (χ1) is 14.5. The average molecular weight is 421 g/mol. The van der Waals surface area contributed by atoms with Gasteiger partial charge in [0.05, 0.1) is 17.8 Å². The number of allylic oxidation sites excluding steroid dienone is 4. The molecule has 30 heavy (non-hydrogen) atoms. The number of amides is 2. The fourth-order valence-electron chi connectivity index (χ4n) is 5.07. The summed E-state index contributed by atoms with van der Waals surface area (Å²) < 4.78 is 0. The van der Waals surface area contributed by atoms with E-state index in [4.69, 9.17) is 11.6 Å². The van der Waals surface area contributed by atoms with Crippen LogP contribution in [0, 0.1) is 17.2 Å². The molecule has 2 unspecified atom stereocenters. The summed E-state index contributed by atoms with van der Waals surface area (Å²) in [7, 11) is 0. The van der Waals surface area contributed by atoms with Gasteiger partial charge in [-0.1, -0.05) is 29.8 Å². The zero-order valence-corrected chi connectivity index (χ0v) is 17.0. The van der Waals surface area contributed by atoms with Crippen molar-refractivity contribution >= 4 is 29.1 Å². The van der Waals surface area contributed by atoms with Gasteiger partial charge in [-0.05, 0) is 54.5 Å². The van der Waals surface area contributed by atoms with Crippen molar-refractivity contribution in [3.63, 3.8) is 0 Å². The Labute approximate surface area is 179 Å². The molecule has 1 aromatic rings. The van der Waals surface area contributed by atoms with E-state index in [-0.39, 0.29) is 23.8 Å². The molecule has 4 aliphatic rings. The number of aliphatic imine (C=N–C) groups is 1. The summed E-state index contributed by atoms with van der Waals surface area (Å²) >= 11 is 6.03. The molecule has 1 saturated heterocycles. The number of halogens is 1. The molecule has 0 radical (unpaired) electrons. The zero-order chi connectivity index (χ0) is 20.8. The predicted molar refractivity (Wildman–Crippen MR) is 113 cm³/mol. The van der Waals surface area contributed by atoms with E-state index in [2.05, 4.69) is 21.7 Å². The molecule has 2 fully saturated rings. The summed E-state index contributed by atoms with van der Waals surface area (Å²) in [4.78, 5) is 29.4. The highest BCUT2D eigenvalue weighted by atomic mass is 35.5. The van der Waals surface area contributed by atoms with Gasteiger partial charge in [-0.15, -0.1) is 0 Å². The first-order valence-electron chi connectivity index (χ1n) is 10.3. The van der Waals surface area contributed by atoms with Crippen molar-refractivity contribution in [2.24, 2.45) is 10.9 Å². The minimum atomic E-state index is -0.648. The van der Waals surface area contributed by atoms with Crippen LogP contribution in [-0.2, 0) is 11.2 Å². The number of nitrogens with zero attached hydrogens (tertiary/aromatic N) is 2. The van der Waals surface area contributed by atoms with E-state index >= 15 is 0 Å². The number of rotatable bonds is 4. The number of benzene rings is 1. The summed E-state index contributed by atoms with van der Waals surface area (Å²) in [6.07, 6.45) is 9.04. The van der Waals surface area contributed by atoms with Gasteiger partial charge in [0.1, 0.15) is 6.04 Å². The second kappa shape index (κ2) is 7.50.